The average molecular weight is 479 g/mol. The summed E-state index contributed by atoms with van der Waals surface area (Å²) in [6.07, 6.45) is 1.49. The summed E-state index contributed by atoms with van der Waals surface area (Å²) in [6.45, 7) is 3.27. The van der Waals surface area contributed by atoms with Gasteiger partial charge in [0.2, 0.25) is 17.7 Å². The summed E-state index contributed by atoms with van der Waals surface area (Å²) in [5, 5.41) is 32.5. The van der Waals surface area contributed by atoms with E-state index in [1.807, 2.05) is 13.8 Å². The Morgan fingerprint density at radius 1 is 1.12 bits per heavy atom. The van der Waals surface area contributed by atoms with Crippen LogP contribution in [0.15, 0.2) is 24.3 Å². The molecule has 1 aliphatic rings. The number of carboxylic acid groups (broad SMARTS) is 1. The molecule has 1 heterocycles. The molecule has 11 nitrogen and oxygen atoms in total. The maximum atomic E-state index is 13.0. The molecule has 188 valence electrons. The Morgan fingerprint density at radius 3 is 2.32 bits per heavy atom. The number of carbonyl (C=O) groups is 4. The number of aliphatic carboxylic acids is 1. The third-order valence-electron chi connectivity index (χ3n) is 5.68. The Labute approximate surface area is 198 Å². The van der Waals surface area contributed by atoms with E-state index in [1.54, 1.807) is 12.1 Å². The highest BCUT2D eigenvalue weighted by Gasteiger charge is 2.38. The van der Waals surface area contributed by atoms with Crippen molar-refractivity contribution in [3.63, 3.8) is 0 Å². The number of rotatable bonds is 11. The molecule has 3 amide bonds. The molecule has 0 aliphatic carbocycles. The molecular weight excluding hydrogens is 444 g/mol. The molecule has 1 aromatic carbocycles. The normalized spacial score (nSPS) is 18.3. The Bertz CT molecular complexity index is 875. The first-order valence-electron chi connectivity index (χ1n) is 11.3. The second kappa shape index (κ2) is 12.3. The van der Waals surface area contributed by atoms with Crippen LogP contribution in [0, 0.1) is 5.92 Å². The van der Waals surface area contributed by atoms with Crippen LogP contribution in [-0.2, 0) is 25.6 Å². The van der Waals surface area contributed by atoms with Crippen molar-refractivity contribution < 1.29 is 34.5 Å². The van der Waals surface area contributed by atoms with Crippen LogP contribution in [0.2, 0.25) is 0 Å². The first-order chi connectivity index (χ1) is 16.0. The first kappa shape index (κ1) is 27.1. The summed E-state index contributed by atoms with van der Waals surface area (Å²) in [7, 11) is 0. The maximum absolute atomic E-state index is 13.0. The second-order valence-corrected chi connectivity index (χ2v) is 8.94. The molecule has 2 rings (SSSR count). The van der Waals surface area contributed by atoms with Crippen LogP contribution in [0.4, 0.5) is 0 Å². The van der Waals surface area contributed by atoms with Crippen LogP contribution in [0.5, 0.6) is 5.75 Å². The summed E-state index contributed by atoms with van der Waals surface area (Å²) in [6, 6.07) is 2.16. The number of nitrogens with one attached hydrogen (secondary N) is 2. The molecule has 0 saturated carbocycles. The number of aliphatic hydroxyl groups excluding tert-OH is 1. The molecule has 0 radical (unpaired) electrons. The number of phenolic OH excluding ortho intramolecular Hbond substituents is 1. The van der Waals surface area contributed by atoms with E-state index in [0.29, 0.717) is 19.4 Å². The number of benzene rings is 1. The predicted molar refractivity (Wildman–Crippen MR) is 123 cm³/mol. The summed E-state index contributed by atoms with van der Waals surface area (Å²) in [5.41, 5.74) is 6.88. The Morgan fingerprint density at radius 2 is 1.76 bits per heavy atom. The topological polar surface area (TPSA) is 182 Å². The Kier molecular flexibility index (Phi) is 9.82. The van der Waals surface area contributed by atoms with E-state index in [2.05, 4.69) is 10.6 Å². The first-order valence-corrected chi connectivity index (χ1v) is 11.3. The van der Waals surface area contributed by atoms with Crippen molar-refractivity contribution in [3.8, 4) is 5.75 Å². The minimum absolute atomic E-state index is 0.00787. The number of phenols is 1. The van der Waals surface area contributed by atoms with Crippen LogP contribution >= 0.6 is 0 Å². The van der Waals surface area contributed by atoms with E-state index in [1.165, 1.54) is 17.0 Å². The van der Waals surface area contributed by atoms with Crippen LogP contribution in [0.25, 0.3) is 0 Å². The predicted octanol–water partition coefficient (Wildman–Crippen LogP) is -0.654. The number of amides is 3. The molecule has 0 aromatic heterocycles. The number of nitrogens with two attached hydrogens (primary N) is 1. The molecule has 4 atom stereocenters. The summed E-state index contributed by atoms with van der Waals surface area (Å²) in [5.74, 6) is -2.90. The van der Waals surface area contributed by atoms with Crippen LogP contribution in [0.3, 0.4) is 0 Å². The number of likely N-dealkylation sites (tertiary alicyclic amines) is 1. The van der Waals surface area contributed by atoms with E-state index in [-0.39, 0.29) is 30.4 Å². The fourth-order valence-corrected chi connectivity index (χ4v) is 3.92. The standard InChI is InChI=1S/C23H34N4O7/c1-13(2)10-17(20(30)26-18(12-28)23(33)34)25-21(31)19-4-3-9-27(19)22(32)16(24)11-14-5-7-15(29)8-6-14/h5-8,13,16-19,28-29H,3-4,9-12,24H2,1-2H3,(H,25,31)(H,26,30)(H,33,34). The van der Waals surface area contributed by atoms with Gasteiger partial charge in [0.25, 0.3) is 0 Å². The Balaban J connectivity index is 2.07. The van der Waals surface area contributed by atoms with E-state index >= 15 is 0 Å². The third-order valence-corrected chi connectivity index (χ3v) is 5.68. The minimum Gasteiger partial charge on any atom is -0.508 e. The molecule has 1 saturated heterocycles. The lowest BCUT2D eigenvalue weighted by Crippen LogP contribution is -2.57. The number of hydrogen-bond acceptors (Lipinski definition) is 7. The molecule has 0 bridgehead atoms. The van der Waals surface area contributed by atoms with Crippen molar-refractivity contribution in [1.82, 2.24) is 15.5 Å². The zero-order valence-corrected chi connectivity index (χ0v) is 19.4. The monoisotopic (exact) mass is 478 g/mol. The van der Waals surface area contributed by atoms with Crippen molar-refractivity contribution >= 4 is 23.7 Å². The molecule has 0 spiro atoms. The van der Waals surface area contributed by atoms with Gasteiger partial charge in [0, 0.05) is 6.54 Å². The highest BCUT2D eigenvalue weighted by atomic mass is 16.4. The van der Waals surface area contributed by atoms with Crippen molar-refractivity contribution in [2.45, 2.75) is 63.7 Å². The number of carbonyl (C=O) groups excluding carboxylic acids is 3. The van der Waals surface area contributed by atoms with Gasteiger partial charge in [-0.15, -0.1) is 0 Å². The van der Waals surface area contributed by atoms with Gasteiger partial charge in [-0.3, -0.25) is 14.4 Å². The largest absolute Gasteiger partial charge is 0.508 e. The highest BCUT2D eigenvalue weighted by molar-refractivity contribution is 5.94. The molecular formula is C23H34N4O7. The maximum Gasteiger partial charge on any atom is 0.328 e. The lowest BCUT2D eigenvalue weighted by molar-refractivity contribution is -0.144. The van der Waals surface area contributed by atoms with Gasteiger partial charge in [0.1, 0.15) is 23.9 Å². The van der Waals surface area contributed by atoms with Crippen molar-refractivity contribution in [1.29, 1.82) is 0 Å². The average Bonchev–Trinajstić information content (AvgIpc) is 3.27. The smallest absolute Gasteiger partial charge is 0.328 e. The number of aromatic hydroxyl groups is 1. The number of carboxylic acids is 1. The zero-order valence-electron chi connectivity index (χ0n) is 19.4. The van der Waals surface area contributed by atoms with Gasteiger partial charge in [-0.05, 0) is 49.3 Å². The van der Waals surface area contributed by atoms with Gasteiger partial charge >= 0.3 is 5.97 Å². The van der Waals surface area contributed by atoms with E-state index in [9.17, 15) is 29.4 Å². The SMILES string of the molecule is CC(C)CC(NC(=O)C1CCCN1C(=O)C(N)Cc1ccc(O)cc1)C(=O)NC(CO)C(=O)O. The van der Waals surface area contributed by atoms with Gasteiger partial charge < -0.3 is 36.6 Å². The fraction of sp³-hybridized carbons (Fsp3) is 0.565. The van der Waals surface area contributed by atoms with E-state index in [0.717, 1.165) is 5.56 Å². The van der Waals surface area contributed by atoms with Gasteiger partial charge in [-0.1, -0.05) is 26.0 Å². The lowest BCUT2D eigenvalue weighted by atomic mass is 10.0. The summed E-state index contributed by atoms with van der Waals surface area (Å²) in [4.78, 5) is 51.2. The number of nitrogens with zero attached hydrogens (tertiary/aromatic N) is 1. The molecule has 34 heavy (non-hydrogen) atoms. The minimum atomic E-state index is -1.48. The second-order valence-electron chi connectivity index (χ2n) is 8.94. The van der Waals surface area contributed by atoms with Crippen LogP contribution in [-0.4, -0.2) is 81.2 Å². The highest BCUT2D eigenvalue weighted by Crippen LogP contribution is 2.20. The molecule has 11 heteroatoms. The quantitative estimate of drug-likeness (QED) is 0.242. The van der Waals surface area contributed by atoms with Crippen molar-refractivity contribution in [3.05, 3.63) is 29.8 Å². The molecule has 1 aromatic rings. The fourth-order valence-electron chi connectivity index (χ4n) is 3.92. The van der Waals surface area contributed by atoms with E-state index in [4.69, 9.17) is 10.8 Å². The van der Waals surface area contributed by atoms with Crippen LogP contribution < -0.4 is 16.4 Å². The number of hydrogen-bond donors (Lipinski definition) is 6. The third kappa shape index (κ3) is 7.42. The van der Waals surface area contributed by atoms with Gasteiger partial charge in [-0.2, -0.15) is 0 Å². The molecule has 1 aliphatic heterocycles. The van der Waals surface area contributed by atoms with Crippen molar-refractivity contribution in [2.24, 2.45) is 11.7 Å². The Hall–Kier alpha value is -3.18. The molecule has 4 unspecified atom stereocenters. The zero-order chi connectivity index (χ0) is 25.4. The van der Waals surface area contributed by atoms with Gasteiger partial charge in [0.05, 0.1) is 12.6 Å². The van der Waals surface area contributed by atoms with E-state index < -0.39 is 48.6 Å². The number of aliphatic hydroxyl groups is 1. The van der Waals surface area contributed by atoms with Gasteiger partial charge in [-0.25, -0.2) is 4.79 Å². The summed E-state index contributed by atoms with van der Waals surface area (Å²) >= 11 is 0. The van der Waals surface area contributed by atoms with Crippen LogP contribution in [0.1, 0.15) is 38.7 Å². The molecule has 1 fully saturated rings. The van der Waals surface area contributed by atoms with Gasteiger partial charge in [0.15, 0.2) is 0 Å². The summed E-state index contributed by atoms with van der Waals surface area (Å²) < 4.78 is 0. The van der Waals surface area contributed by atoms with Crippen molar-refractivity contribution in [2.75, 3.05) is 13.2 Å². The lowest BCUT2D eigenvalue weighted by Gasteiger charge is -2.29. The molecule has 7 N–H and O–H groups in total.